The van der Waals surface area contributed by atoms with Crippen LogP contribution in [0.2, 0.25) is 0 Å². The van der Waals surface area contributed by atoms with Gasteiger partial charge in [-0.1, -0.05) is 12.5 Å². The Morgan fingerprint density at radius 2 is 1.75 bits per heavy atom. The zero-order chi connectivity index (χ0) is 37.8. The fourth-order valence-corrected chi connectivity index (χ4v) is 6.24. The van der Waals surface area contributed by atoms with Crippen LogP contribution in [0, 0.1) is 0 Å². The number of aliphatic hydroxyl groups excluding tert-OH is 3. The summed E-state index contributed by atoms with van der Waals surface area (Å²) in [6, 6.07) is 3.50. The van der Waals surface area contributed by atoms with Crippen molar-refractivity contribution in [3.63, 3.8) is 0 Å². The maximum atomic E-state index is 12.8. The maximum absolute atomic E-state index is 12.8. The first-order chi connectivity index (χ1) is 24.1. The molecule has 2 aliphatic rings. The Labute approximate surface area is 297 Å². The largest absolute Gasteiger partial charge is 0.479 e. The van der Waals surface area contributed by atoms with Gasteiger partial charge in [0.1, 0.15) is 36.5 Å². The Bertz CT molecular complexity index is 1460. The van der Waals surface area contributed by atoms with Crippen LogP contribution in [0.4, 0.5) is 5.69 Å². The number of unbranched alkanes of at least 4 members (excludes halogenated alkanes) is 2. The third-order valence-electron chi connectivity index (χ3n) is 7.98. The lowest BCUT2D eigenvalue weighted by Crippen LogP contribution is -2.61. The minimum absolute atomic E-state index is 0.0128. The molecule has 0 aromatic heterocycles. The predicted octanol–water partition coefficient (Wildman–Crippen LogP) is -1.20. The minimum atomic E-state index is -1.94. The molecule has 8 N–H and O–H groups in total. The number of ether oxygens (including phenoxy) is 3. The average Bonchev–Trinajstić information content (AvgIpc) is 3.34. The lowest BCUT2D eigenvalue weighted by molar-refractivity contribution is -0.271. The number of carboxylic acid groups (broad SMARTS) is 1. The number of nitrogens with two attached hydrogens (primary N) is 1. The van der Waals surface area contributed by atoms with Crippen LogP contribution in [-0.4, -0.2) is 128 Å². The number of aliphatic carboxylic acids is 1. The summed E-state index contributed by atoms with van der Waals surface area (Å²) in [5, 5.41) is 44.4. The van der Waals surface area contributed by atoms with Crippen molar-refractivity contribution in [3.8, 4) is 5.75 Å². The Morgan fingerprint density at radius 3 is 2.41 bits per heavy atom. The van der Waals surface area contributed by atoms with Crippen molar-refractivity contribution < 1.29 is 68.2 Å². The van der Waals surface area contributed by atoms with E-state index in [2.05, 4.69) is 10.6 Å². The highest BCUT2D eigenvalue weighted by Crippen LogP contribution is 2.31. The predicted molar refractivity (Wildman–Crippen MR) is 178 cm³/mol. The molecule has 2 aliphatic heterocycles. The molecule has 4 amide bonds. The average molecular weight is 741 g/mol. The summed E-state index contributed by atoms with van der Waals surface area (Å²) in [5.74, 6) is -3.71. The number of hydrogen-bond donors (Lipinski definition) is 7. The van der Waals surface area contributed by atoms with Crippen molar-refractivity contribution in [1.29, 1.82) is 0 Å². The number of anilines is 1. The van der Waals surface area contributed by atoms with Crippen LogP contribution >= 0.6 is 11.8 Å². The molecule has 3 rings (SSSR count). The highest BCUT2D eigenvalue weighted by Gasteiger charge is 2.48. The summed E-state index contributed by atoms with van der Waals surface area (Å²) < 4.78 is 15.8. The Balaban J connectivity index is 1.45. The van der Waals surface area contributed by atoms with E-state index in [4.69, 9.17) is 19.9 Å². The van der Waals surface area contributed by atoms with Crippen LogP contribution in [0.5, 0.6) is 5.75 Å². The number of ketones is 1. The highest BCUT2D eigenvalue weighted by atomic mass is 32.2. The van der Waals surface area contributed by atoms with Gasteiger partial charge in [0.25, 0.3) is 0 Å². The van der Waals surface area contributed by atoms with Crippen LogP contribution in [0.15, 0.2) is 18.2 Å². The van der Waals surface area contributed by atoms with Crippen LogP contribution in [-0.2, 0) is 49.6 Å². The molecule has 0 spiro atoms. The van der Waals surface area contributed by atoms with Gasteiger partial charge in [-0.2, -0.15) is 0 Å². The maximum Gasteiger partial charge on any atom is 0.335 e. The number of nitrogens with zero attached hydrogens (tertiary/aromatic N) is 1. The van der Waals surface area contributed by atoms with Gasteiger partial charge in [0.15, 0.2) is 6.10 Å². The van der Waals surface area contributed by atoms with Gasteiger partial charge in [0, 0.05) is 45.0 Å². The second-order valence-electron chi connectivity index (χ2n) is 12.0. The molecule has 0 radical (unpaired) electrons. The molecule has 0 aliphatic carbocycles. The molecule has 2 saturated heterocycles. The monoisotopic (exact) mass is 740 g/mol. The minimum Gasteiger partial charge on any atom is -0.479 e. The molecule has 2 heterocycles. The molecule has 2 fully saturated rings. The number of hydrogen-bond acceptors (Lipinski definition) is 15. The van der Waals surface area contributed by atoms with Crippen molar-refractivity contribution in [2.24, 2.45) is 5.73 Å². The third-order valence-corrected chi connectivity index (χ3v) is 9.30. The summed E-state index contributed by atoms with van der Waals surface area (Å²) >= 11 is 1.20. The number of esters is 1. The third kappa shape index (κ3) is 12.3. The highest BCUT2D eigenvalue weighted by molar-refractivity contribution is 8.00. The van der Waals surface area contributed by atoms with E-state index in [1.54, 1.807) is 0 Å². The summed E-state index contributed by atoms with van der Waals surface area (Å²) in [6.07, 6.45) is -7.84. The molecule has 1 aromatic rings. The van der Waals surface area contributed by atoms with Gasteiger partial charge in [0.05, 0.1) is 17.0 Å². The molecule has 19 heteroatoms. The molecular formula is C32H44N4O14S. The second kappa shape index (κ2) is 19.5. The van der Waals surface area contributed by atoms with Gasteiger partial charge < -0.3 is 51.0 Å². The summed E-state index contributed by atoms with van der Waals surface area (Å²) in [7, 11) is 0. The van der Waals surface area contributed by atoms with Crippen molar-refractivity contribution in [2.45, 2.75) is 101 Å². The number of likely N-dealkylation sites (tertiary alicyclic amines) is 1. The van der Waals surface area contributed by atoms with E-state index in [1.807, 2.05) is 0 Å². The van der Waals surface area contributed by atoms with E-state index in [9.17, 15) is 54.0 Å². The number of rotatable bonds is 19. The number of thioether (sulfide) groups is 1. The molecule has 7 atom stereocenters. The Morgan fingerprint density at radius 1 is 1.02 bits per heavy atom. The molecular weight excluding hydrogens is 696 g/mol. The first-order valence-corrected chi connectivity index (χ1v) is 17.3. The van der Waals surface area contributed by atoms with Crippen LogP contribution in [0.1, 0.15) is 57.9 Å². The zero-order valence-electron chi connectivity index (χ0n) is 28.1. The first kappa shape index (κ1) is 41.3. The van der Waals surface area contributed by atoms with E-state index < -0.39 is 59.8 Å². The van der Waals surface area contributed by atoms with E-state index in [0.717, 1.165) is 0 Å². The molecule has 18 nitrogen and oxygen atoms in total. The number of carboxylic acids is 1. The van der Waals surface area contributed by atoms with Gasteiger partial charge in [-0.15, -0.1) is 11.8 Å². The van der Waals surface area contributed by atoms with Gasteiger partial charge >= 0.3 is 11.9 Å². The molecule has 1 aromatic carbocycles. The van der Waals surface area contributed by atoms with Crippen molar-refractivity contribution in [3.05, 3.63) is 23.8 Å². The molecule has 1 unspecified atom stereocenters. The smallest absolute Gasteiger partial charge is 0.335 e. The molecule has 0 saturated carbocycles. The number of nitrogens with one attached hydrogen (secondary N) is 2. The Hall–Kier alpha value is -4.14. The van der Waals surface area contributed by atoms with Crippen molar-refractivity contribution in [2.75, 3.05) is 24.2 Å². The number of imide groups is 1. The van der Waals surface area contributed by atoms with Crippen molar-refractivity contribution in [1.82, 2.24) is 10.2 Å². The number of benzene rings is 1. The number of amides is 4. The quantitative estimate of drug-likeness (QED) is 0.0498. The van der Waals surface area contributed by atoms with Gasteiger partial charge in [0.2, 0.25) is 29.9 Å². The lowest BCUT2D eigenvalue weighted by atomic mass is 9.99. The van der Waals surface area contributed by atoms with Gasteiger partial charge in [-0.3, -0.25) is 33.7 Å². The van der Waals surface area contributed by atoms with E-state index in [1.165, 1.54) is 48.7 Å². The Kier molecular flexibility index (Phi) is 15.8. The van der Waals surface area contributed by atoms with Crippen molar-refractivity contribution >= 4 is 58.8 Å². The van der Waals surface area contributed by atoms with E-state index >= 15 is 0 Å². The molecule has 0 bridgehead atoms. The summed E-state index contributed by atoms with van der Waals surface area (Å²) in [5.41, 5.74) is 6.15. The summed E-state index contributed by atoms with van der Waals surface area (Å²) in [6.45, 7) is 2.60. The summed E-state index contributed by atoms with van der Waals surface area (Å²) in [4.78, 5) is 85.3. The number of carbonyl (C=O) groups excluding carboxylic acids is 6. The van der Waals surface area contributed by atoms with E-state index in [-0.39, 0.29) is 79.7 Å². The van der Waals surface area contributed by atoms with Crippen LogP contribution < -0.4 is 21.1 Å². The zero-order valence-corrected chi connectivity index (χ0v) is 29.0. The fraction of sp³-hybridized carbons (Fsp3) is 0.594. The lowest BCUT2D eigenvalue weighted by Gasteiger charge is -2.38. The standard InChI is InChI=1S/C32H44N4O14S/c1-16(37)19(33)15-51-22-13-25(41)36(30(22)45)11-5-3-4-6-23(39)34-10-9-24(40)35-20-12-18(14-48-17(2)38)7-8-21(20)49-32-28(44)26(42)27(43)29(50-32)31(46)47/h7-8,12,19,22,26-29,32,42-44H,3-6,9-11,13-15,33H2,1-2H3,(H,34,39)(H,35,40)(H,46,47)/t19-,22?,26-,27-,28+,29-,32+/m0/s1. The normalized spacial score (nSPS) is 23.8. The van der Waals surface area contributed by atoms with Crippen LogP contribution in [0.25, 0.3) is 0 Å². The number of aliphatic hydroxyl groups is 3. The fourth-order valence-electron chi connectivity index (χ4n) is 5.03. The first-order valence-electron chi connectivity index (χ1n) is 16.2. The second-order valence-corrected chi connectivity index (χ2v) is 13.3. The SMILES string of the molecule is CC(=O)OCc1ccc(O[C@@H]2O[C@H](C(=O)O)[C@@H](O)[C@H](O)[C@H]2O)c(NC(=O)CCNC(=O)CCCCCN2C(=O)CC(SC[C@H](N)C(C)=O)C2=O)c1. The molecule has 282 valence electrons. The van der Waals surface area contributed by atoms with Gasteiger partial charge in [-0.05, 0) is 37.5 Å². The van der Waals surface area contributed by atoms with E-state index in [0.29, 0.717) is 24.8 Å². The number of carbonyl (C=O) groups is 7. The number of Topliss-reactive ketones (excluding diaryl/α,β-unsaturated/α-hetero) is 1. The topological polar surface area (TPSA) is 281 Å². The van der Waals surface area contributed by atoms with Gasteiger partial charge in [-0.25, -0.2) is 4.79 Å². The van der Waals surface area contributed by atoms with Crippen LogP contribution in [0.3, 0.4) is 0 Å². The molecule has 51 heavy (non-hydrogen) atoms.